The highest BCUT2D eigenvalue weighted by Crippen LogP contribution is 2.33. The minimum Gasteiger partial charge on any atom is -0.477 e. The van der Waals surface area contributed by atoms with E-state index in [1.807, 2.05) is 29.2 Å². The van der Waals surface area contributed by atoms with Gasteiger partial charge in [-0.1, -0.05) is 23.7 Å². The van der Waals surface area contributed by atoms with Crippen molar-refractivity contribution in [3.8, 4) is 0 Å². The van der Waals surface area contributed by atoms with Crippen LogP contribution in [0.3, 0.4) is 0 Å². The van der Waals surface area contributed by atoms with E-state index in [4.69, 9.17) is 16.7 Å². The number of rotatable bonds is 3. The van der Waals surface area contributed by atoms with Crippen LogP contribution in [0.25, 0.3) is 0 Å². The number of likely N-dealkylation sites (tertiary alicyclic amines) is 1. The molecule has 1 atom stereocenters. The minimum absolute atomic E-state index is 0.0240. The number of pyridine rings is 1. The Bertz CT molecular complexity index is 761. The lowest BCUT2D eigenvalue weighted by molar-refractivity contribution is 0.0608. The molecule has 1 N–H and O–H groups in total. The summed E-state index contributed by atoms with van der Waals surface area (Å²) in [4.78, 5) is 29.4. The molecule has 2 aromatic rings. The van der Waals surface area contributed by atoms with Gasteiger partial charge in [0.2, 0.25) is 0 Å². The van der Waals surface area contributed by atoms with Crippen molar-refractivity contribution in [1.29, 1.82) is 0 Å². The average molecular weight is 345 g/mol. The third kappa shape index (κ3) is 3.41. The molecule has 1 aliphatic rings. The van der Waals surface area contributed by atoms with E-state index in [0.717, 1.165) is 24.8 Å². The Kier molecular flexibility index (Phi) is 4.81. The first-order valence-corrected chi connectivity index (χ1v) is 8.20. The number of carboxylic acids is 1. The molecule has 5 nitrogen and oxygen atoms in total. The van der Waals surface area contributed by atoms with Crippen molar-refractivity contribution in [1.82, 2.24) is 9.88 Å². The minimum atomic E-state index is -1.11. The molecule has 1 amide bonds. The van der Waals surface area contributed by atoms with Gasteiger partial charge in [0.1, 0.15) is 5.69 Å². The van der Waals surface area contributed by atoms with Crippen molar-refractivity contribution in [2.24, 2.45) is 0 Å². The molecule has 3 rings (SSSR count). The Morgan fingerprint density at radius 3 is 2.71 bits per heavy atom. The van der Waals surface area contributed by atoms with E-state index in [-0.39, 0.29) is 17.6 Å². The van der Waals surface area contributed by atoms with Crippen LogP contribution >= 0.6 is 11.6 Å². The summed E-state index contributed by atoms with van der Waals surface area (Å²) < 4.78 is 0. The lowest BCUT2D eigenvalue weighted by atomic mass is 9.94. The average Bonchev–Trinajstić information content (AvgIpc) is 2.61. The Labute approximate surface area is 144 Å². The molecule has 6 heteroatoms. The Balaban J connectivity index is 1.87. The first kappa shape index (κ1) is 16.5. The quantitative estimate of drug-likeness (QED) is 0.919. The molecule has 1 aromatic carbocycles. The van der Waals surface area contributed by atoms with Crippen molar-refractivity contribution in [3.63, 3.8) is 0 Å². The zero-order chi connectivity index (χ0) is 17.1. The maximum atomic E-state index is 12.9. The molecule has 0 aliphatic carbocycles. The van der Waals surface area contributed by atoms with Crippen molar-refractivity contribution in [3.05, 3.63) is 64.4 Å². The van der Waals surface area contributed by atoms with E-state index in [2.05, 4.69) is 4.98 Å². The number of halogens is 1. The molecule has 1 saturated heterocycles. The smallest absolute Gasteiger partial charge is 0.354 e. The monoisotopic (exact) mass is 344 g/mol. The van der Waals surface area contributed by atoms with Crippen molar-refractivity contribution in [2.75, 3.05) is 6.54 Å². The second kappa shape index (κ2) is 7.01. The van der Waals surface area contributed by atoms with Crippen LogP contribution in [0.5, 0.6) is 0 Å². The zero-order valence-electron chi connectivity index (χ0n) is 13.0. The molecular weight excluding hydrogens is 328 g/mol. The Morgan fingerprint density at radius 1 is 1.21 bits per heavy atom. The van der Waals surface area contributed by atoms with Gasteiger partial charge in [0.25, 0.3) is 5.91 Å². The fraction of sp³-hybridized carbons (Fsp3) is 0.278. The molecule has 124 valence electrons. The Morgan fingerprint density at radius 2 is 2.04 bits per heavy atom. The van der Waals surface area contributed by atoms with Crippen LogP contribution in [0.15, 0.2) is 42.6 Å². The van der Waals surface area contributed by atoms with Gasteiger partial charge in [0, 0.05) is 17.8 Å². The predicted octanol–water partition coefficient (Wildman–Crippen LogP) is 3.80. The maximum absolute atomic E-state index is 12.9. The molecule has 0 saturated carbocycles. The largest absolute Gasteiger partial charge is 0.477 e. The van der Waals surface area contributed by atoms with Crippen molar-refractivity contribution >= 4 is 23.5 Å². The highest BCUT2D eigenvalue weighted by atomic mass is 35.5. The second-order valence-electron chi connectivity index (χ2n) is 5.80. The normalized spacial score (nSPS) is 17.5. The van der Waals surface area contributed by atoms with Crippen LogP contribution in [-0.4, -0.2) is 33.4 Å². The summed E-state index contributed by atoms with van der Waals surface area (Å²) >= 11 is 6.09. The van der Waals surface area contributed by atoms with Crippen LogP contribution in [-0.2, 0) is 0 Å². The van der Waals surface area contributed by atoms with Crippen molar-refractivity contribution < 1.29 is 14.7 Å². The van der Waals surface area contributed by atoms with Gasteiger partial charge in [-0.2, -0.15) is 0 Å². The molecule has 0 spiro atoms. The first-order valence-electron chi connectivity index (χ1n) is 7.82. The lowest BCUT2D eigenvalue weighted by Gasteiger charge is -2.36. The predicted molar refractivity (Wildman–Crippen MR) is 90.3 cm³/mol. The number of benzene rings is 1. The van der Waals surface area contributed by atoms with E-state index in [9.17, 15) is 9.59 Å². The van der Waals surface area contributed by atoms with Crippen molar-refractivity contribution in [2.45, 2.75) is 25.3 Å². The van der Waals surface area contributed by atoms with Crippen LogP contribution in [0.4, 0.5) is 0 Å². The van der Waals surface area contributed by atoms with Crippen LogP contribution < -0.4 is 0 Å². The standard InChI is InChI=1S/C18H17ClN2O3/c19-14-5-3-4-12(10-14)16-6-1-2-9-21(16)17(22)13-7-8-15(18(23)24)20-11-13/h3-5,7-8,10-11,16H,1-2,6,9H2,(H,23,24). The van der Waals surface area contributed by atoms with E-state index >= 15 is 0 Å². The molecular formula is C18H17ClN2O3. The first-order chi connectivity index (χ1) is 11.6. The van der Waals surface area contributed by atoms with Gasteiger partial charge >= 0.3 is 5.97 Å². The van der Waals surface area contributed by atoms with Gasteiger partial charge in [0.15, 0.2) is 0 Å². The fourth-order valence-electron chi connectivity index (χ4n) is 3.05. The lowest BCUT2D eigenvalue weighted by Crippen LogP contribution is -2.38. The van der Waals surface area contributed by atoms with Crippen LogP contribution in [0, 0.1) is 0 Å². The van der Waals surface area contributed by atoms with E-state index in [1.54, 1.807) is 0 Å². The summed E-state index contributed by atoms with van der Waals surface area (Å²) in [6, 6.07) is 10.4. The third-order valence-corrected chi connectivity index (χ3v) is 4.46. The van der Waals surface area contributed by atoms with Crippen LogP contribution in [0.2, 0.25) is 5.02 Å². The SMILES string of the molecule is O=C(O)c1ccc(C(=O)N2CCCCC2c2cccc(Cl)c2)cn1. The van der Waals surface area contributed by atoms with Gasteiger partial charge < -0.3 is 10.0 Å². The summed E-state index contributed by atoms with van der Waals surface area (Å²) in [5, 5.41) is 9.56. The summed E-state index contributed by atoms with van der Waals surface area (Å²) in [5.74, 6) is -1.24. The molecule has 1 unspecified atom stereocenters. The fourth-order valence-corrected chi connectivity index (χ4v) is 3.25. The topological polar surface area (TPSA) is 70.5 Å². The van der Waals surface area contributed by atoms with Crippen LogP contribution in [0.1, 0.15) is 51.7 Å². The Hall–Kier alpha value is -2.40. The molecule has 0 bridgehead atoms. The highest BCUT2D eigenvalue weighted by Gasteiger charge is 2.29. The summed E-state index contributed by atoms with van der Waals surface area (Å²) in [6.45, 7) is 0.663. The number of hydrogen-bond donors (Lipinski definition) is 1. The zero-order valence-corrected chi connectivity index (χ0v) is 13.7. The van der Waals surface area contributed by atoms with Gasteiger partial charge in [-0.3, -0.25) is 4.79 Å². The second-order valence-corrected chi connectivity index (χ2v) is 6.24. The number of aromatic carboxylic acids is 1. The summed E-state index contributed by atoms with van der Waals surface area (Å²) in [6.07, 6.45) is 4.21. The molecule has 1 aromatic heterocycles. The molecule has 24 heavy (non-hydrogen) atoms. The third-order valence-electron chi connectivity index (χ3n) is 4.23. The highest BCUT2D eigenvalue weighted by molar-refractivity contribution is 6.30. The molecule has 1 fully saturated rings. The van der Waals surface area contributed by atoms with E-state index in [0.29, 0.717) is 17.1 Å². The van der Waals surface area contributed by atoms with Gasteiger partial charge in [-0.25, -0.2) is 9.78 Å². The van der Waals surface area contributed by atoms with E-state index in [1.165, 1.54) is 18.3 Å². The van der Waals surface area contributed by atoms with E-state index < -0.39 is 5.97 Å². The molecule has 1 aliphatic heterocycles. The molecule has 2 heterocycles. The summed E-state index contributed by atoms with van der Waals surface area (Å²) in [5.41, 5.74) is 1.34. The van der Waals surface area contributed by atoms with Gasteiger partial charge in [-0.15, -0.1) is 0 Å². The van der Waals surface area contributed by atoms with Gasteiger partial charge in [0.05, 0.1) is 11.6 Å². The number of nitrogens with zero attached hydrogens (tertiary/aromatic N) is 2. The number of carbonyl (C=O) groups is 2. The number of aromatic nitrogens is 1. The number of carbonyl (C=O) groups excluding carboxylic acids is 1. The summed E-state index contributed by atoms with van der Waals surface area (Å²) in [7, 11) is 0. The molecule has 0 radical (unpaired) electrons. The van der Waals surface area contributed by atoms with Gasteiger partial charge in [-0.05, 0) is 49.1 Å². The maximum Gasteiger partial charge on any atom is 0.354 e. The number of amides is 1. The number of hydrogen-bond acceptors (Lipinski definition) is 3. The number of piperidine rings is 1. The number of carboxylic acid groups (broad SMARTS) is 1.